The number of aryl methyl sites for hydroxylation is 1. The van der Waals surface area contributed by atoms with Gasteiger partial charge in [-0.15, -0.1) is 0 Å². The van der Waals surface area contributed by atoms with Gasteiger partial charge < -0.3 is 4.74 Å². The molecule has 186 valence electrons. The van der Waals surface area contributed by atoms with E-state index >= 15 is 0 Å². The normalized spacial score (nSPS) is 11.2. The van der Waals surface area contributed by atoms with Crippen LogP contribution in [0.15, 0.2) is 47.5 Å². The lowest BCUT2D eigenvalue weighted by Gasteiger charge is -2.19. The third-order valence-corrected chi connectivity index (χ3v) is 6.22. The van der Waals surface area contributed by atoms with Crippen molar-refractivity contribution < 1.29 is 13.5 Å². The number of nitrogens with zero attached hydrogens (tertiary/aromatic N) is 4. The van der Waals surface area contributed by atoms with Crippen molar-refractivity contribution in [3.05, 3.63) is 98.5 Å². The molecule has 0 aliphatic rings. The van der Waals surface area contributed by atoms with Gasteiger partial charge in [-0.05, 0) is 57.5 Å². The fraction of sp³-hybridized carbons (Fsp3) is 0.286. The molecule has 0 amide bonds. The number of rotatable bonds is 6. The van der Waals surface area contributed by atoms with Crippen LogP contribution in [0, 0.1) is 39.3 Å². The third kappa shape index (κ3) is 4.76. The number of hydrogen-bond donors (Lipinski definition) is 0. The van der Waals surface area contributed by atoms with Crippen LogP contribution in [0.25, 0.3) is 17.1 Å². The van der Waals surface area contributed by atoms with E-state index in [2.05, 4.69) is 9.97 Å². The van der Waals surface area contributed by atoms with Crippen molar-refractivity contribution in [2.24, 2.45) is 0 Å². The highest BCUT2D eigenvalue weighted by atomic mass is 19.1. The lowest BCUT2D eigenvalue weighted by Crippen LogP contribution is -2.25. The van der Waals surface area contributed by atoms with Gasteiger partial charge in [-0.25, -0.2) is 18.7 Å². The molecule has 0 radical (unpaired) electrons. The Morgan fingerprint density at radius 2 is 1.75 bits per heavy atom. The highest BCUT2D eigenvalue weighted by molar-refractivity contribution is 5.61. The van der Waals surface area contributed by atoms with Crippen LogP contribution in [0.4, 0.5) is 8.78 Å². The number of pyridine rings is 2. The monoisotopic (exact) mass is 490 g/mol. The maximum atomic E-state index is 14.1. The molecule has 4 rings (SSSR count). The van der Waals surface area contributed by atoms with Gasteiger partial charge in [-0.3, -0.25) is 14.3 Å². The molecule has 0 bridgehead atoms. The Kier molecular flexibility index (Phi) is 6.97. The Morgan fingerprint density at radius 3 is 2.44 bits per heavy atom. The maximum absolute atomic E-state index is 14.1. The van der Waals surface area contributed by atoms with Crippen LogP contribution in [-0.2, 0) is 6.61 Å². The first-order chi connectivity index (χ1) is 17.1. The molecule has 6 nitrogen and oxygen atoms in total. The quantitative estimate of drug-likeness (QED) is 0.336. The highest BCUT2D eigenvalue weighted by Gasteiger charge is 2.19. The van der Waals surface area contributed by atoms with Crippen LogP contribution in [0.5, 0.6) is 5.75 Å². The predicted octanol–water partition coefficient (Wildman–Crippen LogP) is 5.90. The fourth-order valence-corrected chi connectivity index (χ4v) is 4.03. The minimum atomic E-state index is -0.694. The zero-order chi connectivity index (χ0) is 26.1. The number of aromatic nitrogens is 4. The van der Waals surface area contributed by atoms with Crippen LogP contribution in [0.2, 0.25) is 0 Å². The van der Waals surface area contributed by atoms with Crippen molar-refractivity contribution in [3.63, 3.8) is 0 Å². The smallest absolute Gasteiger partial charge is 0.261 e. The molecule has 1 aromatic carbocycles. The van der Waals surface area contributed by atoms with Crippen LogP contribution in [0.1, 0.15) is 53.5 Å². The molecule has 0 unspecified atom stereocenters. The van der Waals surface area contributed by atoms with E-state index in [9.17, 15) is 13.6 Å². The number of halogens is 2. The van der Waals surface area contributed by atoms with Crippen molar-refractivity contribution in [2.75, 3.05) is 0 Å². The predicted molar refractivity (Wildman–Crippen MR) is 135 cm³/mol. The summed E-state index contributed by atoms with van der Waals surface area (Å²) in [6.45, 7) is 11.2. The second-order valence-electron chi connectivity index (χ2n) is 9.14. The summed E-state index contributed by atoms with van der Waals surface area (Å²) in [5.41, 5.74) is 4.65. The summed E-state index contributed by atoms with van der Waals surface area (Å²) >= 11 is 0. The summed E-state index contributed by atoms with van der Waals surface area (Å²) in [5, 5.41) is 0. The fourth-order valence-electron chi connectivity index (χ4n) is 4.03. The minimum absolute atomic E-state index is 0.124. The van der Waals surface area contributed by atoms with Gasteiger partial charge in [-0.2, -0.15) is 0 Å². The molecule has 0 aliphatic heterocycles. The summed E-state index contributed by atoms with van der Waals surface area (Å²) in [6, 6.07) is 6.93. The van der Waals surface area contributed by atoms with Gasteiger partial charge in [0.25, 0.3) is 5.56 Å². The zero-order valence-corrected chi connectivity index (χ0v) is 21.2. The number of hydrogen-bond acceptors (Lipinski definition) is 5. The van der Waals surface area contributed by atoms with Crippen molar-refractivity contribution in [1.29, 1.82) is 0 Å². The summed E-state index contributed by atoms with van der Waals surface area (Å²) in [6.07, 6.45) is 3.44. The molecule has 0 atom stereocenters. The molecule has 0 aliphatic carbocycles. The number of ether oxygens (including phenoxy) is 1. The Hall–Kier alpha value is -3.94. The van der Waals surface area contributed by atoms with Gasteiger partial charge in [0.2, 0.25) is 0 Å². The van der Waals surface area contributed by atoms with E-state index in [4.69, 9.17) is 9.72 Å². The van der Waals surface area contributed by atoms with Crippen LogP contribution in [-0.4, -0.2) is 19.5 Å². The average Bonchev–Trinajstić information content (AvgIpc) is 2.84. The first kappa shape index (κ1) is 25.2. The summed E-state index contributed by atoms with van der Waals surface area (Å²) in [7, 11) is 0. The van der Waals surface area contributed by atoms with Gasteiger partial charge in [-0.1, -0.05) is 13.8 Å². The summed E-state index contributed by atoms with van der Waals surface area (Å²) in [4.78, 5) is 27.1. The molecule has 8 heteroatoms. The molecule has 0 saturated heterocycles. The first-order valence-corrected chi connectivity index (χ1v) is 11.7. The molecule has 0 saturated carbocycles. The van der Waals surface area contributed by atoms with Crippen LogP contribution < -0.4 is 10.3 Å². The Balaban J connectivity index is 1.75. The van der Waals surface area contributed by atoms with Gasteiger partial charge in [0.1, 0.15) is 29.8 Å². The van der Waals surface area contributed by atoms with Gasteiger partial charge in [0.15, 0.2) is 0 Å². The van der Waals surface area contributed by atoms with Crippen molar-refractivity contribution in [3.8, 4) is 22.8 Å². The molecular formula is C28H28F2N4O2. The molecule has 0 spiro atoms. The summed E-state index contributed by atoms with van der Waals surface area (Å²) in [5.74, 6) is -0.0720. The molecule has 3 aromatic heterocycles. The lowest BCUT2D eigenvalue weighted by molar-refractivity contribution is 0.294. The highest BCUT2D eigenvalue weighted by Crippen LogP contribution is 2.28. The SMILES string of the molecule is Cc1cnc(C(C)C)nc1-c1cc(-n2c(C)c(C)c(OCc3ccc(F)cc3F)c(C)c2=O)ccn1. The van der Waals surface area contributed by atoms with E-state index in [0.717, 1.165) is 28.7 Å². The second-order valence-corrected chi connectivity index (χ2v) is 9.14. The standard InChI is InChI=1S/C28H28F2N4O2/c1-15(2)27-32-13-16(3)25(33-27)24-12-22(9-10-31-24)34-19(6)17(4)26(18(5)28(34)35)36-14-20-7-8-21(29)11-23(20)30/h7-13,15H,14H2,1-6H3. The number of benzene rings is 1. The van der Waals surface area contributed by atoms with Crippen molar-refractivity contribution >= 4 is 0 Å². The van der Waals surface area contributed by atoms with E-state index < -0.39 is 11.6 Å². The Bertz CT molecular complexity index is 1510. The van der Waals surface area contributed by atoms with E-state index in [1.807, 2.05) is 40.7 Å². The van der Waals surface area contributed by atoms with Gasteiger partial charge in [0, 0.05) is 41.2 Å². The van der Waals surface area contributed by atoms with Gasteiger partial charge in [0.05, 0.1) is 22.6 Å². The van der Waals surface area contributed by atoms with E-state index in [1.54, 1.807) is 30.0 Å². The minimum Gasteiger partial charge on any atom is -0.488 e. The van der Waals surface area contributed by atoms with Gasteiger partial charge >= 0.3 is 0 Å². The Morgan fingerprint density at radius 1 is 1.00 bits per heavy atom. The zero-order valence-electron chi connectivity index (χ0n) is 21.2. The molecule has 3 heterocycles. The van der Waals surface area contributed by atoms with Crippen molar-refractivity contribution in [2.45, 2.75) is 54.1 Å². The topological polar surface area (TPSA) is 69.9 Å². The molecular weight excluding hydrogens is 462 g/mol. The van der Waals surface area contributed by atoms with Crippen LogP contribution in [0.3, 0.4) is 0 Å². The molecule has 4 aromatic rings. The Labute approximate surface area is 208 Å². The van der Waals surface area contributed by atoms with Crippen LogP contribution >= 0.6 is 0 Å². The first-order valence-electron chi connectivity index (χ1n) is 11.7. The molecule has 36 heavy (non-hydrogen) atoms. The molecule has 0 N–H and O–H groups in total. The third-order valence-electron chi connectivity index (χ3n) is 6.22. The largest absolute Gasteiger partial charge is 0.488 e. The maximum Gasteiger partial charge on any atom is 0.261 e. The van der Waals surface area contributed by atoms with E-state index in [-0.39, 0.29) is 23.6 Å². The summed E-state index contributed by atoms with van der Waals surface area (Å²) < 4.78 is 34.8. The van der Waals surface area contributed by atoms with Crippen molar-refractivity contribution in [1.82, 2.24) is 19.5 Å². The lowest BCUT2D eigenvalue weighted by atomic mass is 10.1. The second kappa shape index (κ2) is 9.97. The van der Waals surface area contributed by atoms with E-state index in [0.29, 0.717) is 28.4 Å². The van der Waals surface area contributed by atoms with E-state index in [1.165, 1.54) is 12.1 Å². The molecule has 0 fully saturated rings. The average molecular weight is 491 g/mol.